The monoisotopic (exact) mass is 330 g/mol. The van der Waals surface area contributed by atoms with Crippen LogP contribution >= 0.6 is 48.0 Å². The third-order valence-corrected chi connectivity index (χ3v) is 2.89. The van der Waals surface area contributed by atoms with Crippen LogP contribution in [0.2, 0.25) is 10.0 Å². The van der Waals surface area contributed by atoms with Gasteiger partial charge in [0.15, 0.2) is 11.9 Å². The number of aliphatic imine (C=N–C) groups is 1. The Morgan fingerprint density at radius 1 is 1.28 bits per heavy atom. The number of para-hydroxylation sites is 1. The highest BCUT2D eigenvalue weighted by molar-refractivity contribution is 6.37. The third kappa shape index (κ3) is 4.09. The summed E-state index contributed by atoms with van der Waals surface area (Å²) in [6.07, 6.45) is -0.167. The minimum atomic E-state index is -0.167. The molecule has 0 aliphatic carbocycles. The molecule has 1 unspecified atom stereocenters. The van der Waals surface area contributed by atoms with Gasteiger partial charge >= 0.3 is 0 Å². The van der Waals surface area contributed by atoms with Crippen LogP contribution in [0.5, 0.6) is 5.75 Å². The third-order valence-electron chi connectivity index (χ3n) is 2.30. The van der Waals surface area contributed by atoms with E-state index in [0.717, 1.165) is 18.9 Å². The van der Waals surface area contributed by atoms with Crippen LogP contribution in [0.4, 0.5) is 0 Å². The molecule has 0 spiro atoms. The maximum atomic E-state index is 6.01. The van der Waals surface area contributed by atoms with E-state index < -0.39 is 0 Å². The van der Waals surface area contributed by atoms with Crippen molar-refractivity contribution in [1.29, 1.82) is 0 Å². The molecule has 2 rings (SSSR count). The molecule has 3 nitrogen and oxygen atoms in total. The molecule has 1 aromatic carbocycles. The maximum Gasteiger partial charge on any atom is 0.157 e. The van der Waals surface area contributed by atoms with Gasteiger partial charge in [0, 0.05) is 6.54 Å². The fourth-order valence-electron chi connectivity index (χ4n) is 1.52. The summed E-state index contributed by atoms with van der Waals surface area (Å²) in [6, 6.07) is 5.28. The molecular weight excluding hydrogens is 318 g/mol. The molecule has 102 valence electrons. The van der Waals surface area contributed by atoms with Crippen LogP contribution < -0.4 is 10.1 Å². The average molecular weight is 332 g/mol. The van der Waals surface area contributed by atoms with E-state index in [1.54, 1.807) is 18.2 Å². The number of rotatable bonds is 3. The molecule has 1 aliphatic heterocycles. The molecule has 0 bridgehead atoms. The zero-order chi connectivity index (χ0) is 11.5. The van der Waals surface area contributed by atoms with Gasteiger partial charge in [-0.1, -0.05) is 29.3 Å². The Bertz CT molecular complexity index is 405. The van der Waals surface area contributed by atoms with Gasteiger partial charge in [0.2, 0.25) is 0 Å². The van der Waals surface area contributed by atoms with Gasteiger partial charge in [-0.3, -0.25) is 4.99 Å². The number of nitrogens with zero attached hydrogens (tertiary/aromatic N) is 1. The van der Waals surface area contributed by atoms with Gasteiger partial charge in [-0.2, -0.15) is 0 Å². The standard InChI is InChI=1S/C11H12Cl2N2O.2ClH/c1-7(11-14-5-6-15-11)16-10-8(12)3-2-4-9(10)13;;/h2-4,7H,5-6H2,1H3,(H,14,15);2*1H. The van der Waals surface area contributed by atoms with Crippen LogP contribution in [-0.2, 0) is 0 Å². The van der Waals surface area contributed by atoms with Crippen molar-refractivity contribution in [3.8, 4) is 5.75 Å². The Morgan fingerprint density at radius 3 is 2.39 bits per heavy atom. The van der Waals surface area contributed by atoms with Gasteiger partial charge < -0.3 is 10.1 Å². The molecule has 0 saturated carbocycles. The molecule has 1 heterocycles. The maximum absolute atomic E-state index is 6.01. The van der Waals surface area contributed by atoms with Crippen molar-refractivity contribution in [3.63, 3.8) is 0 Å². The normalized spacial score (nSPS) is 14.7. The molecule has 0 amide bonds. The van der Waals surface area contributed by atoms with Crippen molar-refractivity contribution in [2.75, 3.05) is 13.1 Å². The molecule has 18 heavy (non-hydrogen) atoms. The summed E-state index contributed by atoms with van der Waals surface area (Å²) in [5.74, 6) is 1.35. The number of ether oxygens (including phenoxy) is 1. The fourth-order valence-corrected chi connectivity index (χ4v) is 2.00. The van der Waals surface area contributed by atoms with E-state index in [-0.39, 0.29) is 30.9 Å². The second-order valence-electron chi connectivity index (χ2n) is 3.50. The van der Waals surface area contributed by atoms with Crippen molar-refractivity contribution < 1.29 is 4.74 Å². The Kier molecular flexibility index (Phi) is 7.79. The molecule has 1 N–H and O–H groups in total. The summed E-state index contributed by atoms with van der Waals surface area (Å²) >= 11 is 12.0. The van der Waals surface area contributed by atoms with Crippen LogP contribution in [0, 0.1) is 0 Å². The number of hydrogen-bond acceptors (Lipinski definition) is 3. The fraction of sp³-hybridized carbons (Fsp3) is 0.364. The Hall–Kier alpha value is -0.350. The van der Waals surface area contributed by atoms with Gasteiger partial charge in [-0.15, -0.1) is 24.8 Å². The van der Waals surface area contributed by atoms with E-state index in [0.29, 0.717) is 15.8 Å². The molecular formula is C11H14Cl4N2O. The van der Waals surface area contributed by atoms with Gasteiger partial charge in [-0.05, 0) is 19.1 Å². The molecule has 7 heteroatoms. The molecule has 0 aromatic heterocycles. The lowest BCUT2D eigenvalue weighted by Crippen LogP contribution is -2.33. The van der Waals surface area contributed by atoms with Crippen LogP contribution in [-0.4, -0.2) is 25.0 Å². The molecule has 0 radical (unpaired) electrons. The van der Waals surface area contributed by atoms with Crippen molar-refractivity contribution >= 4 is 53.9 Å². The van der Waals surface area contributed by atoms with Crippen LogP contribution in [0.15, 0.2) is 23.2 Å². The Morgan fingerprint density at radius 2 is 1.89 bits per heavy atom. The Labute approximate surface area is 129 Å². The molecule has 1 aromatic rings. The van der Waals surface area contributed by atoms with E-state index in [1.165, 1.54) is 0 Å². The average Bonchev–Trinajstić information content (AvgIpc) is 2.76. The van der Waals surface area contributed by atoms with Crippen molar-refractivity contribution in [2.24, 2.45) is 4.99 Å². The quantitative estimate of drug-likeness (QED) is 0.918. The van der Waals surface area contributed by atoms with Gasteiger partial charge in [0.25, 0.3) is 0 Å². The van der Waals surface area contributed by atoms with Crippen molar-refractivity contribution in [2.45, 2.75) is 13.0 Å². The van der Waals surface area contributed by atoms with E-state index in [4.69, 9.17) is 27.9 Å². The van der Waals surface area contributed by atoms with Crippen LogP contribution in [0.1, 0.15) is 6.92 Å². The predicted octanol–water partition coefficient (Wildman–Crippen LogP) is 3.61. The van der Waals surface area contributed by atoms with Gasteiger partial charge in [0.1, 0.15) is 5.84 Å². The van der Waals surface area contributed by atoms with E-state index in [9.17, 15) is 0 Å². The Balaban J connectivity index is 0.00000144. The SMILES string of the molecule is CC(Oc1c(Cl)cccc1Cl)C1=NCCN1.Cl.Cl. The summed E-state index contributed by atoms with van der Waals surface area (Å²) in [4.78, 5) is 4.29. The summed E-state index contributed by atoms with van der Waals surface area (Å²) in [5.41, 5.74) is 0. The zero-order valence-corrected chi connectivity index (χ0v) is 12.8. The first-order chi connectivity index (χ1) is 7.68. The lowest BCUT2D eigenvalue weighted by atomic mass is 10.3. The second-order valence-corrected chi connectivity index (χ2v) is 4.32. The van der Waals surface area contributed by atoms with E-state index in [1.807, 2.05) is 6.92 Å². The summed E-state index contributed by atoms with van der Waals surface area (Å²) in [5, 5.41) is 4.18. The highest BCUT2D eigenvalue weighted by Gasteiger charge is 2.17. The zero-order valence-electron chi connectivity index (χ0n) is 9.65. The largest absolute Gasteiger partial charge is 0.480 e. The summed E-state index contributed by atoms with van der Waals surface area (Å²) in [6.45, 7) is 3.56. The minimum absolute atomic E-state index is 0. The second kappa shape index (κ2) is 7.95. The highest BCUT2D eigenvalue weighted by atomic mass is 35.5. The van der Waals surface area contributed by atoms with E-state index in [2.05, 4.69) is 10.3 Å². The van der Waals surface area contributed by atoms with Crippen molar-refractivity contribution in [3.05, 3.63) is 28.2 Å². The number of nitrogens with one attached hydrogen (secondary N) is 1. The van der Waals surface area contributed by atoms with Gasteiger partial charge in [-0.25, -0.2) is 0 Å². The van der Waals surface area contributed by atoms with E-state index >= 15 is 0 Å². The number of hydrogen-bond donors (Lipinski definition) is 1. The number of amidine groups is 1. The molecule has 1 aliphatic rings. The first-order valence-corrected chi connectivity index (χ1v) is 5.83. The lowest BCUT2D eigenvalue weighted by Gasteiger charge is -2.16. The minimum Gasteiger partial charge on any atom is -0.480 e. The van der Waals surface area contributed by atoms with Crippen LogP contribution in [0.25, 0.3) is 0 Å². The van der Waals surface area contributed by atoms with Crippen LogP contribution in [0.3, 0.4) is 0 Å². The first-order valence-electron chi connectivity index (χ1n) is 5.07. The predicted molar refractivity (Wildman–Crippen MR) is 81.4 cm³/mol. The van der Waals surface area contributed by atoms with Crippen molar-refractivity contribution in [1.82, 2.24) is 5.32 Å². The number of benzene rings is 1. The molecule has 0 fully saturated rings. The lowest BCUT2D eigenvalue weighted by molar-refractivity contribution is 0.284. The summed E-state index contributed by atoms with van der Waals surface area (Å²) in [7, 11) is 0. The molecule has 0 saturated heterocycles. The molecule has 1 atom stereocenters. The summed E-state index contributed by atoms with van der Waals surface area (Å²) < 4.78 is 5.70. The number of halogens is 4. The highest BCUT2D eigenvalue weighted by Crippen LogP contribution is 2.33. The topological polar surface area (TPSA) is 33.6 Å². The smallest absolute Gasteiger partial charge is 0.157 e. The van der Waals surface area contributed by atoms with Gasteiger partial charge in [0.05, 0.1) is 16.6 Å². The first kappa shape index (κ1) is 17.6.